The van der Waals surface area contributed by atoms with E-state index in [1.165, 1.54) is 18.2 Å². The van der Waals surface area contributed by atoms with Crippen LogP contribution in [0.25, 0.3) is 0 Å². The molecule has 1 aromatic carbocycles. The Bertz CT molecular complexity index is 459. The van der Waals surface area contributed by atoms with E-state index in [0.29, 0.717) is 0 Å². The Morgan fingerprint density at radius 3 is 2.32 bits per heavy atom. The van der Waals surface area contributed by atoms with Gasteiger partial charge >= 0.3 is 6.18 Å². The number of halogens is 4. The molecule has 19 heavy (non-hydrogen) atoms. The monoisotopic (exact) mass is 298 g/mol. The number of benzene rings is 1. The van der Waals surface area contributed by atoms with E-state index >= 15 is 0 Å². The Morgan fingerprint density at radius 2 is 1.74 bits per heavy atom. The highest BCUT2D eigenvalue weighted by atomic mass is 31.2. The summed E-state index contributed by atoms with van der Waals surface area (Å²) in [4.78, 5) is 9.72. The van der Waals surface area contributed by atoms with Crippen LogP contribution in [0.4, 0.5) is 17.6 Å². The van der Waals surface area contributed by atoms with Crippen molar-refractivity contribution in [1.82, 2.24) is 0 Å². The predicted molar refractivity (Wildman–Crippen MR) is 65.2 cm³/mol. The second-order valence-electron chi connectivity index (χ2n) is 4.30. The third kappa shape index (κ3) is 5.74. The van der Waals surface area contributed by atoms with Crippen molar-refractivity contribution in [2.75, 3.05) is 6.16 Å². The van der Waals surface area contributed by atoms with Crippen LogP contribution in [-0.4, -0.2) is 17.2 Å². The fraction of sp³-hybridized carbons (Fsp3) is 0.500. The summed E-state index contributed by atoms with van der Waals surface area (Å²) in [6.07, 6.45) is -5.03. The van der Waals surface area contributed by atoms with Crippen molar-refractivity contribution >= 4 is 12.7 Å². The van der Waals surface area contributed by atoms with Gasteiger partial charge in [0.1, 0.15) is 5.82 Å². The Balaban J connectivity index is 2.44. The summed E-state index contributed by atoms with van der Waals surface area (Å²) in [6, 6.07) is 5.17. The lowest BCUT2D eigenvalue weighted by Gasteiger charge is -2.12. The second-order valence-corrected chi connectivity index (χ2v) is 6.63. The molecule has 108 valence electrons. The van der Waals surface area contributed by atoms with Crippen LogP contribution in [0.2, 0.25) is 0 Å². The van der Waals surface area contributed by atoms with Crippen molar-refractivity contribution in [3.8, 4) is 0 Å². The maximum Gasteiger partial charge on any atom is 0.389 e. The first-order valence-electron chi connectivity index (χ1n) is 5.86. The van der Waals surface area contributed by atoms with E-state index in [1.807, 2.05) is 0 Å². The molecule has 0 aliphatic carbocycles. The molecule has 1 unspecified atom stereocenters. The molecule has 2 nitrogen and oxygen atoms in total. The van der Waals surface area contributed by atoms with Gasteiger partial charge < -0.3 is 4.89 Å². The largest absolute Gasteiger partial charge is 0.389 e. The summed E-state index contributed by atoms with van der Waals surface area (Å²) in [5.74, 6) is -0.761. The topological polar surface area (TPSA) is 37.3 Å². The van der Waals surface area contributed by atoms with Gasteiger partial charge in [0.2, 0.25) is 7.37 Å². The standard InChI is InChI=1S/C12H15F4O2P/c13-10-6-2-3-7-11(10)19(17,18)9-5-1-4-8-12(14,15)16/h2-3,6-7H,1,4-5,8-9H2,(H,17,18). The highest BCUT2D eigenvalue weighted by Crippen LogP contribution is 2.41. The number of alkyl halides is 3. The molecule has 1 N–H and O–H groups in total. The molecule has 0 aliphatic heterocycles. The fourth-order valence-electron chi connectivity index (χ4n) is 1.68. The Morgan fingerprint density at radius 1 is 1.11 bits per heavy atom. The van der Waals surface area contributed by atoms with Gasteiger partial charge in [-0.3, -0.25) is 4.57 Å². The van der Waals surface area contributed by atoms with Crippen molar-refractivity contribution in [3.05, 3.63) is 30.1 Å². The van der Waals surface area contributed by atoms with Gasteiger partial charge in [-0.2, -0.15) is 13.2 Å². The van der Waals surface area contributed by atoms with E-state index in [4.69, 9.17) is 0 Å². The lowest BCUT2D eigenvalue weighted by molar-refractivity contribution is -0.135. The number of rotatable bonds is 6. The molecule has 7 heteroatoms. The van der Waals surface area contributed by atoms with E-state index in [9.17, 15) is 27.0 Å². The van der Waals surface area contributed by atoms with Crippen LogP contribution in [0.3, 0.4) is 0 Å². The van der Waals surface area contributed by atoms with E-state index in [2.05, 4.69) is 0 Å². The summed E-state index contributed by atoms with van der Waals surface area (Å²) in [5, 5.41) is -0.258. The van der Waals surface area contributed by atoms with Gasteiger partial charge in [0, 0.05) is 12.6 Å². The van der Waals surface area contributed by atoms with Crippen molar-refractivity contribution in [1.29, 1.82) is 0 Å². The van der Waals surface area contributed by atoms with Gasteiger partial charge in [0.15, 0.2) is 0 Å². The minimum absolute atomic E-state index is 0.0826. The van der Waals surface area contributed by atoms with Gasteiger partial charge in [0.25, 0.3) is 0 Å². The number of hydrogen-bond donors (Lipinski definition) is 1. The zero-order chi connectivity index (χ0) is 14.5. The zero-order valence-electron chi connectivity index (χ0n) is 10.2. The van der Waals surface area contributed by atoms with E-state index < -0.39 is 25.8 Å². The van der Waals surface area contributed by atoms with Crippen molar-refractivity contribution in [2.24, 2.45) is 0 Å². The van der Waals surface area contributed by atoms with Gasteiger partial charge in [-0.1, -0.05) is 18.6 Å². The van der Waals surface area contributed by atoms with Crippen LogP contribution in [0.1, 0.15) is 25.7 Å². The first-order valence-corrected chi connectivity index (χ1v) is 7.70. The highest BCUT2D eigenvalue weighted by Gasteiger charge is 2.27. The maximum absolute atomic E-state index is 13.3. The minimum atomic E-state index is -4.20. The second kappa shape index (κ2) is 6.53. The molecule has 0 heterocycles. The molecular weight excluding hydrogens is 283 g/mol. The van der Waals surface area contributed by atoms with Crippen LogP contribution >= 0.6 is 7.37 Å². The van der Waals surface area contributed by atoms with Crippen LogP contribution < -0.4 is 5.30 Å². The molecule has 0 amide bonds. The molecule has 0 saturated heterocycles. The quantitative estimate of drug-likeness (QED) is 0.492. The molecule has 0 saturated carbocycles. The molecule has 0 bridgehead atoms. The van der Waals surface area contributed by atoms with Crippen molar-refractivity contribution in [2.45, 2.75) is 31.9 Å². The van der Waals surface area contributed by atoms with Crippen molar-refractivity contribution in [3.63, 3.8) is 0 Å². The summed E-state index contributed by atoms with van der Waals surface area (Å²) >= 11 is 0. The smallest absolute Gasteiger partial charge is 0.341 e. The summed E-state index contributed by atoms with van der Waals surface area (Å²) in [6.45, 7) is 0. The summed E-state index contributed by atoms with van der Waals surface area (Å²) < 4.78 is 60.9. The average Bonchev–Trinajstić information content (AvgIpc) is 2.27. The molecule has 0 radical (unpaired) electrons. The average molecular weight is 298 g/mol. The van der Waals surface area contributed by atoms with Crippen molar-refractivity contribution < 1.29 is 27.0 Å². The normalized spacial score (nSPS) is 15.2. The van der Waals surface area contributed by atoms with Gasteiger partial charge in [-0.25, -0.2) is 4.39 Å². The summed E-state index contributed by atoms with van der Waals surface area (Å²) in [5.41, 5.74) is 0. The lowest BCUT2D eigenvalue weighted by atomic mass is 10.2. The molecule has 0 fully saturated rings. The molecule has 0 spiro atoms. The van der Waals surface area contributed by atoms with Gasteiger partial charge in [0.05, 0.1) is 5.30 Å². The van der Waals surface area contributed by atoms with Crippen LogP contribution in [0.5, 0.6) is 0 Å². The molecule has 1 rings (SSSR count). The van der Waals surface area contributed by atoms with Crippen LogP contribution in [-0.2, 0) is 4.57 Å². The third-order valence-corrected chi connectivity index (χ3v) is 4.69. The Hall–Kier alpha value is -0.870. The van der Waals surface area contributed by atoms with Crippen LogP contribution in [0.15, 0.2) is 24.3 Å². The van der Waals surface area contributed by atoms with E-state index in [0.717, 1.165) is 6.07 Å². The molecule has 1 atom stereocenters. The molecular formula is C12H15F4O2P. The SMILES string of the molecule is O=P(O)(CCCCCC(F)(F)F)c1ccccc1F. The number of unbranched alkanes of at least 4 members (excludes halogenated alkanes) is 2. The summed E-state index contributed by atoms with van der Waals surface area (Å²) in [7, 11) is -3.82. The van der Waals surface area contributed by atoms with Gasteiger partial charge in [-0.05, 0) is 25.0 Å². The third-order valence-electron chi connectivity index (χ3n) is 2.65. The Kier molecular flexibility index (Phi) is 5.56. The van der Waals surface area contributed by atoms with Crippen LogP contribution in [0, 0.1) is 5.82 Å². The highest BCUT2D eigenvalue weighted by molar-refractivity contribution is 7.66. The predicted octanol–water partition coefficient (Wildman–Crippen LogP) is 3.84. The van der Waals surface area contributed by atoms with Gasteiger partial charge in [-0.15, -0.1) is 0 Å². The first-order chi connectivity index (χ1) is 8.72. The van der Waals surface area contributed by atoms with E-state index in [1.54, 1.807) is 0 Å². The molecule has 1 aromatic rings. The fourth-order valence-corrected chi connectivity index (χ4v) is 3.30. The zero-order valence-corrected chi connectivity index (χ0v) is 11.1. The first kappa shape index (κ1) is 16.2. The molecule has 0 aliphatic rings. The lowest BCUT2D eigenvalue weighted by Crippen LogP contribution is -2.12. The molecule has 0 aromatic heterocycles. The minimum Gasteiger partial charge on any atom is -0.341 e. The van der Waals surface area contributed by atoms with E-state index in [-0.39, 0.29) is 30.7 Å². The number of hydrogen-bond acceptors (Lipinski definition) is 1. The maximum atomic E-state index is 13.3. The Labute approximate surface area is 108 Å².